The van der Waals surface area contributed by atoms with Crippen LogP contribution in [0, 0.1) is 23.7 Å². The summed E-state index contributed by atoms with van der Waals surface area (Å²) in [6, 6.07) is 0. The van der Waals surface area contributed by atoms with Crippen LogP contribution in [0.3, 0.4) is 0 Å². The molecule has 2 unspecified atom stereocenters. The SMILES string of the molecule is CC(C)C1=CC(C(F)F)=CC(C(C)C)C1CC(N)=O. The van der Waals surface area contributed by atoms with E-state index in [1.165, 1.54) is 0 Å². The Bertz CT molecular complexity index is 397. The zero-order valence-corrected chi connectivity index (χ0v) is 12.0. The molecular weight excluding hydrogens is 248 g/mol. The van der Waals surface area contributed by atoms with Crippen LogP contribution in [0.5, 0.6) is 0 Å². The summed E-state index contributed by atoms with van der Waals surface area (Å²) in [5.74, 6) is -0.163. The number of nitrogens with two attached hydrogens (primary N) is 1. The van der Waals surface area contributed by atoms with E-state index in [9.17, 15) is 13.6 Å². The van der Waals surface area contributed by atoms with Gasteiger partial charge in [-0.05, 0) is 23.7 Å². The van der Waals surface area contributed by atoms with Crippen LogP contribution in [-0.2, 0) is 4.79 Å². The van der Waals surface area contributed by atoms with Crippen molar-refractivity contribution in [1.29, 1.82) is 0 Å². The Labute approximate surface area is 113 Å². The van der Waals surface area contributed by atoms with E-state index < -0.39 is 6.43 Å². The Kier molecular flexibility index (Phi) is 5.27. The number of carbonyl (C=O) groups is 1. The van der Waals surface area contributed by atoms with Crippen molar-refractivity contribution in [2.45, 2.75) is 40.5 Å². The molecular formula is C15H23F2NO. The van der Waals surface area contributed by atoms with Crippen molar-refractivity contribution in [2.75, 3.05) is 0 Å². The van der Waals surface area contributed by atoms with Crippen LogP contribution < -0.4 is 5.73 Å². The molecule has 2 nitrogen and oxygen atoms in total. The lowest BCUT2D eigenvalue weighted by Crippen LogP contribution is -2.30. The second-order valence-corrected chi connectivity index (χ2v) is 5.86. The number of amides is 1. The smallest absolute Gasteiger partial charge is 0.263 e. The average Bonchev–Trinajstić information content (AvgIpc) is 2.27. The Morgan fingerprint density at radius 1 is 1.32 bits per heavy atom. The minimum absolute atomic E-state index is 0.0556. The number of alkyl halides is 2. The number of hydrogen-bond donors (Lipinski definition) is 1. The first-order valence-corrected chi connectivity index (χ1v) is 6.73. The third-order valence-electron chi connectivity index (χ3n) is 3.72. The first kappa shape index (κ1) is 15.9. The average molecular weight is 271 g/mol. The van der Waals surface area contributed by atoms with Crippen molar-refractivity contribution in [2.24, 2.45) is 29.4 Å². The molecule has 1 aliphatic rings. The fraction of sp³-hybridized carbons (Fsp3) is 0.667. The first-order chi connectivity index (χ1) is 8.73. The van der Waals surface area contributed by atoms with E-state index in [-0.39, 0.29) is 41.6 Å². The third kappa shape index (κ3) is 3.88. The summed E-state index contributed by atoms with van der Waals surface area (Å²) in [6.45, 7) is 7.90. The molecule has 0 fully saturated rings. The largest absolute Gasteiger partial charge is 0.370 e. The lowest BCUT2D eigenvalue weighted by atomic mass is 9.70. The predicted octanol–water partition coefficient (Wildman–Crippen LogP) is 3.54. The van der Waals surface area contributed by atoms with Gasteiger partial charge in [-0.2, -0.15) is 0 Å². The number of hydrogen-bond acceptors (Lipinski definition) is 1. The summed E-state index contributed by atoms with van der Waals surface area (Å²) in [6.07, 6.45) is 0.931. The van der Waals surface area contributed by atoms with Gasteiger partial charge in [0.1, 0.15) is 0 Å². The summed E-state index contributed by atoms with van der Waals surface area (Å²) < 4.78 is 26.0. The van der Waals surface area contributed by atoms with Gasteiger partial charge in [0.25, 0.3) is 6.43 Å². The normalized spacial score (nSPS) is 23.8. The van der Waals surface area contributed by atoms with Crippen LogP contribution >= 0.6 is 0 Å². The standard InChI is InChI=1S/C15H23F2NO/c1-8(2)11-5-10(15(16)17)6-12(9(3)4)13(11)7-14(18)19/h5-6,8-9,11,13,15H,7H2,1-4H3,(H2,18,19). The highest BCUT2D eigenvalue weighted by molar-refractivity contribution is 5.74. The maximum absolute atomic E-state index is 13.0. The molecule has 0 spiro atoms. The van der Waals surface area contributed by atoms with Crippen molar-refractivity contribution in [3.63, 3.8) is 0 Å². The molecule has 0 aromatic rings. The van der Waals surface area contributed by atoms with Gasteiger partial charge in [0, 0.05) is 12.0 Å². The zero-order valence-electron chi connectivity index (χ0n) is 12.0. The molecule has 0 aromatic heterocycles. The third-order valence-corrected chi connectivity index (χ3v) is 3.72. The van der Waals surface area contributed by atoms with Crippen LogP contribution in [-0.4, -0.2) is 12.3 Å². The molecule has 1 rings (SSSR count). The van der Waals surface area contributed by atoms with Crippen molar-refractivity contribution in [1.82, 2.24) is 0 Å². The van der Waals surface area contributed by atoms with E-state index in [1.807, 2.05) is 27.7 Å². The van der Waals surface area contributed by atoms with Gasteiger partial charge in [-0.25, -0.2) is 8.78 Å². The molecule has 19 heavy (non-hydrogen) atoms. The second-order valence-electron chi connectivity index (χ2n) is 5.86. The molecule has 0 saturated carbocycles. The Morgan fingerprint density at radius 3 is 2.26 bits per heavy atom. The van der Waals surface area contributed by atoms with Crippen LogP contribution in [0.1, 0.15) is 34.1 Å². The zero-order chi connectivity index (χ0) is 14.7. The van der Waals surface area contributed by atoms with E-state index in [0.717, 1.165) is 5.57 Å². The second kappa shape index (κ2) is 6.31. The van der Waals surface area contributed by atoms with Gasteiger partial charge in [-0.3, -0.25) is 4.79 Å². The Balaban J connectivity index is 3.19. The minimum Gasteiger partial charge on any atom is -0.370 e. The molecule has 0 aromatic carbocycles. The van der Waals surface area contributed by atoms with Gasteiger partial charge in [-0.1, -0.05) is 45.4 Å². The molecule has 2 atom stereocenters. The van der Waals surface area contributed by atoms with Gasteiger partial charge in [0.05, 0.1) is 0 Å². The molecule has 2 N–H and O–H groups in total. The van der Waals surface area contributed by atoms with Gasteiger partial charge < -0.3 is 5.73 Å². The topological polar surface area (TPSA) is 43.1 Å². The highest BCUT2D eigenvalue weighted by Gasteiger charge is 2.33. The van der Waals surface area contributed by atoms with E-state index in [1.54, 1.807) is 12.2 Å². The van der Waals surface area contributed by atoms with Crippen LogP contribution in [0.2, 0.25) is 0 Å². The van der Waals surface area contributed by atoms with E-state index in [2.05, 4.69) is 0 Å². The van der Waals surface area contributed by atoms with Crippen LogP contribution in [0.25, 0.3) is 0 Å². The Hall–Kier alpha value is -1.19. The molecule has 108 valence electrons. The maximum Gasteiger partial charge on any atom is 0.263 e. The Morgan fingerprint density at radius 2 is 1.89 bits per heavy atom. The van der Waals surface area contributed by atoms with Gasteiger partial charge in [-0.15, -0.1) is 0 Å². The quantitative estimate of drug-likeness (QED) is 0.816. The summed E-state index contributed by atoms with van der Waals surface area (Å²) in [5.41, 5.74) is 6.29. The monoisotopic (exact) mass is 271 g/mol. The van der Waals surface area contributed by atoms with Gasteiger partial charge >= 0.3 is 0 Å². The molecule has 1 amide bonds. The highest BCUT2D eigenvalue weighted by atomic mass is 19.3. The maximum atomic E-state index is 13.0. The predicted molar refractivity (Wildman–Crippen MR) is 72.6 cm³/mol. The van der Waals surface area contributed by atoms with Crippen LogP contribution in [0.4, 0.5) is 8.78 Å². The summed E-state index contributed by atoms with van der Waals surface area (Å²) in [4.78, 5) is 11.2. The van der Waals surface area contributed by atoms with E-state index >= 15 is 0 Å². The van der Waals surface area contributed by atoms with Crippen molar-refractivity contribution in [3.8, 4) is 0 Å². The number of allylic oxidation sites excluding steroid dienone is 4. The number of carbonyl (C=O) groups excluding carboxylic acids is 1. The van der Waals surface area contributed by atoms with Crippen LogP contribution in [0.15, 0.2) is 23.3 Å². The molecule has 0 saturated heterocycles. The number of rotatable bonds is 5. The molecule has 0 bridgehead atoms. The molecule has 0 heterocycles. The van der Waals surface area contributed by atoms with Gasteiger partial charge in [0.15, 0.2) is 0 Å². The fourth-order valence-corrected chi connectivity index (χ4v) is 2.77. The molecule has 1 aliphatic carbocycles. The molecule has 0 aliphatic heterocycles. The fourth-order valence-electron chi connectivity index (χ4n) is 2.77. The lowest BCUT2D eigenvalue weighted by Gasteiger charge is -2.35. The van der Waals surface area contributed by atoms with Gasteiger partial charge in [0.2, 0.25) is 5.91 Å². The molecule has 0 radical (unpaired) electrons. The van der Waals surface area contributed by atoms with E-state index in [0.29, 0.717) is 0 Å². The lowest BCUT2D eigenvalue weighted by molar-refractivity contribution is -0.119. The first-order valence-electron chi connectivity index (χ1n) is 6.73. The van der Waals surface area contributed by atoms with E-state index in [4.69, 9.17) is 5.73 Å². The summed E-state index contributed by atoms with van der Waals surface area (Å²) >= 11 is 0. The summed E-state index contributed by atoms with van der Waals surface area (Å²) in [5, 5.41) is 0. The number of primary amides is 1. The molecule has 4 heteroatoms. The summed E-state index contributed by atoms with van der Waals surface area (Å²) in [7, 11) is 0. The number of halogens is 2. The van der Waals surface area contributed by atoms with Crippen molar-refractivity contribution < 1.29 is 13.6 Å². The van der Waals surface area contributed by atoms with Crippen molar-refractivity contribution in [3.05, 3.63) is 23.3 Å². The van der Waals surface area contributed by atoms with Crippen molar-refractivity contribution >= 4 is 5.91 Å². The highest BCUT2D eigenvalue weighted by Crippen LogP contribution is 2.40. The minimum atomic E-state index is -2.47.